The zero-order valence-electron chi connectivity index (χ0n) is 15.3. The van der Waals surface area contributed by atoms with Gasteiger partial charge in [0.25, 0.3) is 5.91 Å². The van der Waals surface area contributed by atoms with Crippen LogP contribution >= 0.6 is 0 Å². The van der Waals surface area contributed by atoms with Gasteiger partial charge in [-0.1, -0.05) is 12.1 Å². The second kappa shape index (κ2) is 7.34. The molecule has 4 rings (SSSR count). The topological polar surface area (TPSA) is 93.0 Å². The van der Waals surface area contributed by atoms with E-state index < -0.39 is 15.9 Å². The second-order valence-electron chi connectivity index (χ2n) is 6.54. The molecule has 28 heavy (non-hydrogen) atoms. The van der Waals surface area contributed by atoms with Gasteiger partial charge in [0.1, 0.15) is 11.3 Å². The molecule has 2 aromatic heterocycles. The van der Waals surface area contributed by atoms with Gasteiger partial charge in [0.05, 0.1) is 18.1 Å². The minimum Gasteiger partial charge on any atom is -0.379 e. The molecule has 0 bridgehead atoms. The van der Waals surface area contributed by atoms with Crippen molar-refractivity contribution in [3.63, 3.8) is 0 Å². The number of nitrogens with zero attached hydrogens (tertiary/aromatic N) is 3. The highest BCUT2D eigenvalue weighted by atomic mass is 32.2. The van der Waals surface area contributed by atoms with Gasteiger partial charge in [-0.2, -0.15) is 4.31 Å². The quantitative estimate of drug-likeness (QED) is 0.722. The van der Waals surface area contributed by atoms with E-state index in [2.05, 4.69) is 10.3 Å². The summed E-state index contributed by atoms with van der Waals surface area (Å²) in [6.07, 6.45) is 3.43. The van der Waals surface area contributed by atoms with Crippen LogP contribution in [0.1, 0.15) is 16.1 Å². The lowest BCUT2D eigenvalue weighted by Gasteiger charge is -2.26. The van der Waals surface area contributed by atoms with Gasteiger partial charge < -0.3 is 14.5 Å². The molecule has 1 N–H and O–H groups in total. The van der Waals surface area contributed by atoms with Gasteiger partial charge in [-0.3, -0.25) is 4.79 Å². The Balaban J connectivity index is 1.60. The first-order chi connectivity index (χ1) is 13.4. The fraction of sp³-hybridized carbons (Fsp3) is 0.263. The molecule has 0 radical (unpaired) electrons. The maximum Gasteiger partial charge on any atom is 0.275 e. The number of amides is 1. The van der Waals surface area contributed by atoms with Crippen LogP contribution in [-0.2, 0) is 14.8 Å². The van der Waals surface area contributed by atoms with Gasteiger partial charge >= 0.3 is 0 Å². The molecule has 0 unspecified atom stereocenters. The lowest BCUT2D eigenvalue weighted by Crippen LogP contribution is -2.40. The Labute approximate surface area is 162 Å². The van der Waals surface area contributed by atoms with Crippen LogP contribution in [0.25, 0.3) is 5.65 Å². The van der Waals surface area contributed by atoms with Crippen LogP contribution in [0, 0.1) is 6.92 Å². The molecule has 0 atom stereocenters. The first-order valence-corrected chi connectivity index (χ1v) is 10.3. The highest BCUT2D eigenvalue weighted by Crippen LogP contribution is 2.24. The Kier molecular flexibility index (Phi) is 4.88. The van der Waals surface area contributed by atoms with Crippen LogP contribution in [0.3, 0.4) is 0 Å². The molecular formula is C19H20N4O4S. The fourth-order valence-electron chi connectivity index (χ4n) is 3.12. The number of ether oxygens (including phenoxy) is 1. The number of fused-ring (bicyclic) bond motifs is 1. The summed E-state index contributed by atoms with van der Waals surface area (Å²) in [6, 6.07) is 10.4. The van der Waals surface area contributed by atoms with Gasteiger partial charge in [0.2, 0.25) is 10.0 Å². The molecular weight excluding hydrogens is 380 g/mol. The van der Waals surface area contributed by atoms with E-state index in [9.17, 15) is 13.2 Å². The number of aromatic nitrogens is 2. The van der Waals surface area contributed by atoms with Gasteiger partial charge in [-0.15, -0.1) is 0 Å². The number of anilines is 1. The third kappa shape index (κ3) is 3.51. The Hall–Kier alpha value is -2.75. The monoisotopic (exact) mass is 400 g/mol. The lowest BCUT2D eigenvalue weighted by molar-refractivity contribution is 0.0730. The number of morpholine rings is 1. The molecule has 8 nitrogen and oxygen atoms in total. The average molecular weight is 400 g/mol. The summed E-state index contributed by atoms with van der Waals surface area (Å²) in [7, 11) is -3.65. The van der Waals surface area contributed by atoms with E-state index in [1.165, 1.54) is 10.4 Å². The van der Waals surface area contributed by atoms with Crippen LogP contribution in [0.15, 0.2) is 53.7 Å². The van der Waals surface area contributed by atoms with Crippen molar-refractivity contribution in [2.75, 3.05) is 31.6 Å². The highest BCUT2D eigenvalue weighted by molar-refractivity contribution is 7.89. The molecule has 1 amide bonds. The number of aryl methyl sites for hydroxylation is 1. The average Bonchev–Trinajstić information content (AvgIpc) is 3.14. The van der Waals surface area contributed by atoms with Crippen molar-refractivity contribution < 1.29 is 17.9 Å². The first-order valence-electron chi connectivity index (χ1n) is 8.89. The first kappa shape index (κ1) is 18.6. The van der Waals surface area contributed by atoms with Crippen molar-refractivity contribution in [2.24, 2.45) is 0 Å². The van der Waals surface area contributed by atoms with E-state index in [1.807, 2.05) is 12.1 Å². The van der Waals surface area contributed by atoms with Gasteiger partial charge in [0.15, 0.2) is 0 Å². The SMILES string of the molecule is Cc1ccc(NC(=O)c2cn3ccccc3n2)cc1S(=O)(=O)N1CCOCC1. The summed E-state index contributed by atoms with van der Waals surface area (Å²) in [5, 5.41) is 2.74. The number of sulfonamides is 1. The van der Waals surface area contributed by atoms with Crippen LogP contribution in [0.2, 0.25) is 0 Å². The second-order valence-corrected chi connectivity index (χ2v) is 8.45. The Morgan fingerprint density at radius 3 is 2.71 bits per heavy atom. The number of nitrogens with one attached hydrogen (secondary N) is 1. The van der Waals surface area contributed by atoms with Crippen molar-refractivity contribution in [3.8, 4) is 0 Å². The van der Waals surface area contributed by atoms with Crippen molar-refractivity contribution >= 4 is 27.3 Å². The van der Waals surface area contributed by atoms with Crippen molar-refractivity contribution in [1.82, 2.24) is 13.7 Å². The third-order valence-electron chi connectivity index (χ3n) is 4.63. The molecule has 0 aliphatic carbocycles. The molecule has 1 aliphatic heterocycles. The molecule has 1 aliphatic rings. The van der Waals surface area contributed by atoms with E-state index in [1.54, 1.807) is 41.9 Å². The number of carbonyl (C=O) groups is 1. The smallest absolute Gasteiger partial charge is 0.275 e. The summed E-state index contributed by atoms with van der Waals surface area (Å²) >= 11 is 0. The number of imidazole rings is 1. The summed E-state index contributed by atoms with van der Waals surface area (Å²) in [5.41, 5.74) is 1.94. The van der Waals surface area contributed by atoms with E-state index in [-0.39, 0.29) is 10.6 Å². The molecule has 0 saturated carbocycles. The molecule has 1 saturated heterocycles. The highest BCUT2D eigenvalue weighted by Gasteiger charge is 2.28. The van der Waals surface area contributed by atoms with Crippen LogP contribution in [0.4, 0.5) is 5.69 Å². The maximum atomic E-state index is 13.0. The van der Waals surface area contributed by atoms with Crippen molar-refractivity contribution in [1.29, 1.82) is 0 Å². The fourth-order valence-corrected chi connectivity index (χ4v) is 4.78. The number of benzene rings is 1. The molecule has 146 valence electrons. The number of hydrogen-bond donors (Lipinski definition) is 1. The van der Waals surface area contributed by atoms with Crippen molar-refractivity contribution in [2.45, 2.75) is 11.8 Å². The molecule has 1 fully saturated rings. The van der Waals surface area contributed by atoms with Gasteiger partial charge in [-0.25, -0.2) is 13.4 Å². The van der Waals surface area contributed by atoms with E-state index in [0.29, 0.717) is 43.2 Å². The van der Waals surface area contributed by atoms with Gasteiger partial charge in [-0.05, 0) is 36.8 Å². The van der Waals surface area contributed by atoms with Crippen LogP contribution < -0.4 is 5.32 Å². The largest absolute Gasteiger partial charge is 0.379 e. The maximum absolute atomic E-state index is 13.0. The molecule has 9 heteroatoms. The predicted octanol–water partition coefficient (Wildman–Crippen LogP) is 1.92. The third-order valence-corrected chi connectivity index (χ3v) is 6.67. The Morgan fingerprint density at radius 1 is 1.18 bits per heavy atom. The zero-order valence-corrected chi connectivity index (χ0v) is 16.1. The minimum atomic E-state index is -3.65. The predicted molar refractivity (Wildman–Crippen MR) is 104 cm³/mol. The van der Waals surface area contributed by atoms with Gasteiger partial charge in [0, 0.05) is 31.2 Å². The van der Waals surface area contributed by atoms with Crippen molar-refractivity contribution in [3.05, 3.63) is 60.0 Å². The van der Waals surface area contributed by atoms with E-state index in [0.717, 1.165) is 0 Å². The lowest BCUT2D eigenvalue weighted by atomic mass is 10.2. The van der Waals surface area contributed by atoms with E-state index >= 15 is 0 Å². The zero-order chi connectivity index (χ0) is 19.7. The number of rotatable bonds is 4. The Morgan fingerprint density at radius 2 is 1.96 bits per heavy atom. The normalized spacial score (nSPS) is 15.6. The van der Waals surface area contributed by atoms with E-state index in [4.69, 9.17) is 4.74 Å². The van der Waals surface area contributed by atoms with Crippen LogP contribution in [-0.4, -0.2) is 54.3 Å². The number of pyridine rings is 1. The Bertz CT molecular complexity index is 1100. The number of hydrogen-bond acceptors (Lipinski definition) is 5. The molecule has 3 heterocycles. The standard InChI is InChI=1S/C19H20N4O4S/c1-14-5-6-15(12-17(14)28(25,26)23-8-10-27-11-9-23)20-19(24)16-13-22-7-3-2-4-18(22)21-16/h2-7,12-13H,8-11H2,1H3,(H,20,24). The van der Waals surface area contributed by atoms with Crippen LogP contribution in [0.5, 0.6) is 0 Å². The summed E-state index contributed by atoms with van der Waals surface area (Å²) in [4.78, 5) is 17.0. The minimum absolute atomic E-state index is 0.183. The molecule has 3 aromatic rings. The summed E-state index contributed by atoms with van der Waals surface area (Å²) in [5.74, 6) is -0.401. The number of carbonyl (C=O) groups excluding carboxylic acids is 1. The molecule has 0 spiro atoms. The molecule has 1 aromatic carbocycles. The summed E-state index contributed by atoms with van der Waals surface area (Å²) in [6.45, 7) is 3.13. The summed E-state index contributed by atoms with van der Waals surface area (Å²) < 4.78 is 34.3.